The van der Waals surface area contributed by atoms with Crippen LogP contribution in [0.25, 0.3) is 0 Å². The van der Waals surface area contributed by atoms with Gasteiger partial charge in [-0.05, 0) is 42.5 Å². The molecule has 2 aromatic carbocycles. The molecule has 2 N–H and O–H groups in total. The summed E-state index contributed by atoms with van der Waals surface area (Å²) in [5.41, 5.74) is 2.50. The van der Waals surface area contributed by atoms with Gasteiger partial charge in [0.2, 0.25) is 0 Å². The number of aromatic hydroxyl groups is 1. The molecule has 0 fully saturated rings. The van der Waals surface area contributed by atoms with E-state index in [-0.39, 0.29) is 11.5 Å². The van der Waals surface area contributed by atoms with E-state index >= 15 is 0 Å². The first-order valence-corrected chi connectivity index (χ1v) is 9.70. The van der Waals surface area contributed by atoms with Crippen LogP contribution in [0.4, 0.5) is 0 Å². The van der Waals surface area contributed by atoms with Crippen LogP contribution in [-0.4, -0.2) is 16.0 Å². The molecule has 0 aliphatic heterocycles. The summed E-state index contributed by atoms with van der Waals surface area (Å²) in [5.74, 6) is 0.856. The van der Waals surface area contributed by atoms with Crippen LogP contribution in [0.2, 0.25) is 5.02 Å². The van der Waals surface area contributed by atoms with E-state index in [9.17, 15) is 10.3 Å². The van der Waals surface area contributed by atoms with Crippen molar-refractivity contribution in [3.05, 3.63) is 64.2 Å². The van der Waals surface area contributed by atoms with Gasteiger partial charge >= 0.3 is 0 Å². The number of hydrogen-bond acceptors (Lipinski definition) is 3. The molecule has 0 bridgehead atoms. The van der Waals surface area contributed by atoms with E-state index in [1.54, 1.807) is 18.2 Å². The monoisotopic (exact) mass is 373 g/mol. The van der Waals surface area contributed by atoms with Crippen LogP contribution >= 0.6 is 11.6 Å². The summed E-state index contributed by atoms with van der Waals surface area (Å²) in [5, 5.41) is 23.6. The van der Waals surface area contributed by atoms with Crippen molar-refractivity contribution in [2.24, 2.45) is 11.1 Å². The number of halogens is 1. The van der Waals surface area contributed by atoms with Crippen LogP contribution in [0.15, 0.2) is 47.6 Å². The van der Waals surface area contributed by atoms with Gasteiger partial charge in [0.1, 0.15) is 11.5 Å². The Hall–Kier alpha value is -2.00. The Bertz CT molecular complexity index is 741. The quantitative estimate of drug-likeness (QED) is 0.230. The van der Waals surface area contributed by atoms with Gasteiger partial charge < -0.3 is 10.3 Å². The van der Waals surface area contributed by atoms with Crippen LogP contribution in [-0.2, 0) is 6.42 Å². The number of aryl methyl sites for hydroxylation is 1. The molecule has 0 aliphatic rings. The van der Waals surface area contributed by atoms with Crippen molar-refractivity contribution in [3.8, 4) is 5.75 Å². The number of benzene rings is 2. The van der Waals surface area contributed by atoms with Crippen LogP contribution in [0, 0.1) is 5.92 Å². The predicted molar refractivity (Wildman–Crippen MR) is 109 cm³/mol. The number of nitrogens with zero attached hydrogens (tertiary/aromatic N) is 1. The van der Waals surface area contributed by atoms with Gasteiger partial charge in [0.15, 0.2) is 0 Å². The molecular weight excluding hydrogens is 346 g/mol. The summed E-state index contributed by atoms with van der Waals surface area (Å²) in [7, 11) is 0. The fraction of sp³-hybridized carbons (Fsp3) is 0.409. The number of hydrogen-bond donors (Lipinski definition) is 2. The Morgan fingerprint density at radius 1 is 1.00 bits per heavy atom. The molecule has 0 unspecified atom stereocenters. The minimum atomic E-state index is 0.0819. The fourth-order valence-corrected chi connectivity index (χ4v) is 3.29. The Morgan fingerprint density at radius 3 is 2.42 bits per heavy atom. The molecular formula is C22H28ClNO2. The first kappa shape index (κ1) is 20.3. The van der Waals surface area contributed by atoms with Gasteiger partial charge in [-0.2, -0.15) is 0 Å². The van der Waals surface area contributed by atoms with Crippen LogP contribution in [0.3, 0.4) is 0 Å². The first-order valence-electron chi connectivity index (χ1n) is 9.32. The Morgan fingerprint density at radius 2 is 1.73 bits per heavy atom. The summed E-state index contributed by atoms with van der Waals surface area (Å²) in [4.78, 5) is 0. The lowest BCUT2D eigenvalue weighted by atomic mass is 9.97. The molecule has 0 saturated heterocycles. The molecule has 0 aromatic heterocycles. The van der Waals surface area contributed by atoms with Crippen molar-refractivity contribution >= 4 is 17.3 Å². The molecule has 4 heteroatoms. The topological polar surface area (TPSA) is 52.8 Å². The Labute approximate surface area is 161 Å². The van der Waals surface area contributed by atoms with Crippen molar-refractivity contribution in [3.63, 3.8) is 0 Å². The maximum absolute atomic E-state index is 10.2. The summed E-state index contributed by atoms with van der Waals surface area (Å²) < 4.78 is 0. The summed E-state index contributed by atoms with van der Waals surface area (Å²) in [6.07, 6.45) is 7.08. The SMILES string of the molecule is CC(C)CCCCCCc1ccc(O)c(/C(=N\O)c2ccccc2Cl)c1. The van der Waals surface area contributed by atoms with Crippen molar-refractivity contribution < 1.29 is 10.3 Å². The van der Waals surface area contributed by atoms with E-state index in [4.69, 9.17) is 11.6 Å². The molecule has 0 aliphatic carbocycles. The van der Waals surface area contributed by atoms with Gasteiger partial charge in [-0.3, -0.25) is 0 Å². The van der Waals surface area contributed by atoms with Gasteiger partial charge in [0.05, 0.1) is 5.02 Å². The number of phenols is 1. The van der Waals surface area contributed by atoms with E-state index in [2.05, 4.69) is 19.0 Å². The third-order valence-electron chi connectivity index (χ3n) is 4.54. The molecule has 140 valence electrons. The van der Waals surface area contributed by atoms with Gasteiger partial charge in [-0.25, -0.2) is 0 Å². The number of oxime groups is 1. The van der Waals surface area contributed by atoms with Crippen LogP contribution < -0.4 is 0 Å². The predicted octanol–water partition coefficient (Wildman–Crippen LogP) is 6.42. The van der Waals surface area contributed by atoms with Crippen molar-refractivity contribution in [2.75, 3.05) is 0 Å². The number of rotatable bonds is 9. The van der Waals surface area contributed by atoms with Crippen molar-refractivity contribution in [1.29, 1.82) is 0 Å². The molecule has 2 rings (SSSR count). The summed E-state index contributed by atoms with van der Waals surface area (Å²) >= 11 is 6.22. The van der Waals surface area contributed by atoms with Gasteiger partial charge in [0.25, 0.3) is 0 Å². The number of unbranched alkanes of at least 4 members (excludes halogenated alkanes) is 3. The first-order chi connectivity index (χ1) is 12.5. The number of phenolic OH excluding ortho intramolecular Hbond substituents is 1. The highest BCUT2D eigenvalue weighted by molar-refractivity contribution is 6.35. The molecule has 0 radical (unpaired) electrons. The maximum atomic E-state index is 10.2. The highest BCUT2D eigenvalue weighted by Gasteiger charge is 2.15. The lowest BCUT2D eigenvalue weighted by Crippen LogP contribution is -2.05. The molecule has 0 spiro atoms. The molecule has 3 nitrogen and oxygen atoms in total. The third-order valence-corrected chi connectivity index (χ3v) is 4.87. The zero-order chi connectivity index (χ0) is 18.9. The average molecular weight is 374 g/mol. The van der Waals surface area contributed by atoms with Gasteiger partial charge in [0, 0.05) is 11.1 Å². The Kier molecular flexibility index (Phi) is 7.99. The van der Waals surface area contributed by atoms with Crippen LogP contribution in [0.5, 0.6) is 5.75 Å². The standard InChI is InChI=1S/C22H28ClNO2/c1-16(2)9-5-3-4-6-10-17-13-14-21(25)19(15-17)22(24-26)18-11-7-8-12-20(18)23/h7-8,11-16,25-26H,3-6,9-10H2,1-2H3/b24-22-. The third kappa shape index (κ3) is 5.77. The lowest BCUT2D eigenvalue weighted by Gasteiger charge is -2.11. The molecule has 26 heavy (non-hydrogen) atoms. The second-order valence-corrected chi connectivity index (χ2v) is 7.53. The summed E-state index contributed by atoms with van der Waals surface area (Å²) in [6, 6.07) is 12.6. The smallest absolute Gasteiger partial charge is 0.125 e. The lowest BCUT2D eigenvalue weighted by molar-refractivity contribution is 0.319. The minimum Gasteiger partial charge on any atom is -0.507 e. The van der Waals surface area contributed by atoms with E-state index in [1.807, 2.05) is 24.3 Å². The second-order valence-electron chi connectivity index (χ2n) is 7.13. The van der Waals surface area contributed by atoms with Gasteiger partial charge in [-0.1, -0.05) is 80.6 Å². The zero-order valence-corrected chi connectivity index (χ0v) is 16.3. The van der Waals surface area contributed by atoms with E-state index in [0.717, 1.165) is 24.3 Å². The zero-order valence-electron chi connectivity index (χ0n) is 15.6. The van der Waals surface area contributed by atoms with Crippen molar-refractivity contribution in [2.45, 2.75) is 52.4 Å². The van der Waals surface area contributed by atoms with E-state index in [1.165, 1.54) is 25.7 Å². The Balaban J connectivity index is 2.06. The normalized spacial score (nSPS) is 11.9. The minimum absolute atomic E-state index is 0.0819. The van der Waals surface area contributed by atoms with Crippen molar-refractivity contribution in [1.82, 2.24) is 0 Å². The molecule has 0 saturated carbocycles. The van der Waals surface area contributed by atoms with E-state index in [0.29, 0.717) is 16.1 Å². The summed E-state index contributed by atoms with van der Waals surface area (Å²) in [6.45, 7) is 4.52. The highest BCUT2D eigenvalue weighted by Crippen LogP contribution is 2.27. The second kappa shape index (κ2) is 10.2. The molecule has 0 atom stereocenters. The average Bonchev–Trinajstić information content (AvgIpc) is 2.62. The molecule has 0 amide bonds. The molecule has 0 heterocycles. The van der Waals surface area contributed by atoms with E-state index < -0.39 is 0 Å². The van der Waals surface area contributed by atoms with Gasteiger partial charge in [-0.15, -0.1) is 0 Å². The fourth-order valence-electron chi connectivity index (χ4n) is 3.07. The largest absolute Gasteiger partial charge is 0.507 e. The maximum Gasteiger partial charge on any atom is 0.125 e. The molecule has 2 aromatic rings. The van der Waals surface area contributed by atoms with Crippen LogP contribution in [0.1, 0.15) is 62.6 Å². The highest BCUT2D eigenvalue weighted by atomic mass is 35.5.